The first kappa shape index (κ1) is 17.2. The summed E-state index contributed by atoms with van der Waals surface area (Å²) in [6, 6.07) is 18.0. The van der Waals surface area contributed by atoms with Crippen LogP contribution in [0.1, 0.15) is 24.0 Å². The van der Waals surface area contributed by atoms with E-state index in [1.807, 2.05) is 61.6 Å². The molecule has 130 valence electrons. The number of amides is 2. The van der Waals surface area contributed by atoms with E-state index in [2.05, 4.69) is 0 Å². The van der Waals surface area contributed by atoms with Gasteiger partial charge in [0, 0.05) is 33.3 Å². The highest BCUT2D eigenvalue weighted by Gasteiger charge is 2.49. The van der Waals surface area contributed by atoms with Gasteiger partial charge in [0.2, 0.25) is 11.8 Å². The standard InChI is InChI=1S/C21H24N2O2/c1-22(2)19(24)13-14-21(15-16-9-5-4-6-10-16)17-11-7-8-12-18(17)23(3)20(21)25/h4-12H,13-15H2,1-3H3. The maximum Gasteiger partial charge on any atom is 0.237 e. The largest absolute Gasteiger partial charge is 0.349 e. The molecule has 0 fully saturated rings. The molecular formula is C21H24N2O2. The van der Waals surface area contributed by atoms with Crippen LogP contribution in [0.3, 0.4) is 0 Å². The van der Waals surface area contributed by atoms with Crippen molar-refractivity contribution in [1.82, 2.24) is 4.90 Å². The third-order valence-electron chi connectivity index (χ3n) is 5.11. The van der Waals surface area contributed by atoms with Gasteiger partial charge in [-0.05, 0) is 30.0 Å². The van der Waals surface area contributed by atoms with E-state index in [9.17, 15) is 9.59 Å². The van der Waals surface area contributed by atoms with Crippen molar-refractivity contribution in [3.8, 4) is 0 Å². The molecule has 4 heteroatoms. The Hall–Kier alpha value is -2.62. The van der Waals surface area contributed by atoms with Crippen LogP contribution >= 0.6 is 0 Å². The Labute approximate surface area is 149 Å². The number of fused-ring (bicyclic) bond motifs is 1. The van der Waals surface area contributed by atoms with Crippen molar-refractivity contribution in [2.45, 2.75) is 24.7 Å². The topological polar surface area (TPSA) is 40.6 Å². The number of anilines is 1. The summed E-state index contributed by atoms with van der Waals surface area (Å²) in [7, 11) is 5.33. The van der Waals surface area contributed by atoms with Gasteiger partial charge in [-0.25, -0.2) is 0 Å². The van der Waals surface area contributed by atoms with Crippen molar-refractivity contribution >= 4 is 17.5 Å². The number of rotatable bonds is 5. The molecule has 0 spiro atoms. The fourth-order valence-corrected chi connectivity index (χ4v) is 3.71. The maximum atomic E-state index is 13.3. The van der Waals surface area contributed by atoms with Gasteiger partial charge in [-0.1, -0.05) is 48.5 Å². The molecule has 0 saturated heterocycles. The molecule has 1 unspecified atom stereocenters. The number of benzene rings is 2. The molecule has 0 aliphatic carbocycles. The number of carbonyl (C=O) groups is 2. The normalized spacial score (nSPS) is 19.0. The summed E-state index contributed by atoms with van der Waals surface area (Å²) in [5, 5.41) is 0. The van der Waals surface area contributed by atoms with Crippen molar-refractivity contribution in [3.63, 3.8) is 0 Å². The van der Waals surface area contributed by atoms with Gasteiger partial charge in [-0.3, -0.25) is 9.59 Å². The first-order chi connectivity index (χ1) is 12.0. The minimum Gasteiger partial charge on any atom is -0.349 e. The smallest absolute Gasteiger partial charge is 0.237 e. The highest BCUT2D eigenvalue weighted by Crippen LogP contribution is 2.46. The lowest BCUT2D eigenvalue weighted by molar-refractivity contribution is -0.129. The first-order valence-corrected chi connectivity index (χ1v) is 8.57. The second-order valence-corrected chi connectivity index (χ2v) is 6.91. The minimum absolute atomic E-state index is 0.0484. The van der Waals surface area contributed by atoms with E-state index in [-0.39, 0.29) is 11.8 Å². The molecule has 1 aliphatic rings. The highest BCUT2D eigenvalue weighted by molar-refractivity contribution is 6.08. The van der Waals surface area contributed by atoms with Crippen LogP contribution in [0.5, 0.6) is 0 Å². The first-order valence-electron chi connectivity index (χ1n) is 8.57. The fourth-order valence-electron chi connectivity index (χ4n) is 3.71. The summed E-state index contributed by atoms with van der Waals surface area (Å²) in [6.07, 6.45) is 1.47. The summed E-state index contributed by atoms with van der Waals surface area (Å²) in [6.45, 7) is 0. The van der Waals surface area contributed by atoms with Gasteiger partial charge in [-0.15, -0.1) is 0 Å². The van der Waals surface area contributed by atoms with Gasteiger partial charge in [-0.2, -0.15) is 0 Å². The molecule has 0 aromatic heterocycles. The Kier molecular flexibility index (Phi) is 4.62. The second-order valence-electron chi connectivity index (χ2n) is 6.91. The quantitative estimate of drug-likeness (QED) is 0.842. The van der Waals surface area contributed by atoms with Crippen LogP contribution in [0, 0.1) is 0 Å². The van der Waals surface area contributed by atoms with Crippen molar-refractivity contribution in [1.29, 1.82) is 0 Å². The number of hydrogen-bond donors (Lipinski definition) is 0. The zero-order valence-electron chi connectivity index (χ0n) is 15.0. The van der Waals surface area contributed by atoms with Crippen LogP contribution in [-0.2, 0) is 21.4 Å². The molecule has 2 aromatic rings. The van der Waals surface area contributed by atoms with Crippen LogP contribution in [0.25, 0.3) is 0 Å². The molecule has 25 heavy (non-hydrogen) atoms. The molecule has 0 radical (unpaired) electrons. The Morgan fingerprint density at radius 3 is 2.36 bits per heavy atom. The molecule has 2 amide bonds. The molecule has 3 rings (SSSR count). The van der Waals surface area contributed by atoms with E-state index in [0.29, 0.717) is 19.3 Å². The van der Waals surface area contributed by atoms with Crippen LogP contribution in [0.15, 0.2) is 54.6 Å². The summed E-state index contributed by atoms with van der Waals surface area (Å²) >= 11 is 0. The zero-order chi connectivity index (χ0) is 18.0. The molecule has 1 heterocycles. The van der Waals surface area contributed by atoms with Crippen molar-refractivity contribution < 1.29 is 9.59 Å². The number of hydrogen-bond acceptors (Lipinski definition) is 2. The Balaban J connectivity index is 2.03. The predicted molar refractivity (Wildman–Crippen MR) is 99.6 cm³/mol. The Bertz CT molecular complexity index is 785. The van der Waals surface area contributed by atoms with Crippen LogP contribution in [-0.4, -0.2) is 37.9 Å². The lowest BCUT2D eigenvalue weighted by Gasteiger charge is -2.29. The molecule has 0 bridgehead atoms. The van der Waals surface area contributed by atoms with Gasteiger partial charge in [0.25, 0.3) is 0 Å². The third kappa shape index (κ3) is 3.04. The molecule has 0 saturated carbocycles. The monoisotopic (exact) mass is 336 g/mol. The van der Waals surface area contributed by atoms with Gasteiger partial charge in [0.05, 0.1) is 5.41 Å². The van der Waals surface area contributed by atoms with E-state index in [1.54, 1.807) is 23.9 Å². The summed E-state index contributed by atoms with van der Waals surface area (Å²) in [4.78, 5) is 28.8. The fraction of sp³-hybridized carbons (Fsp3) is 0.333. The summed E-state index contributed by atoms with van der Waals surface area (Å²) in [5.41, 5.74) is 2.40. The number of para-hydroxylation sites is 1. The lowest BCUT2D eigenvalue weighted by Crippen LogP contribution is -2.41. The van der Waals surface area contributed by atoms with Crippen LogP contribution in [0.2, 0.25) is 0 Å². The van der Waals surface area contributed by atoms with E-state index >= 15 is 0 Å². The highest BCUT2D eigenvalue weighted by atomic mass is 16.2. The van der Waals surface area contributed by atoms with Crippen LogP contribution < -0.4 is 4.90 Å². The number of likely N-dealkylation sites (N-methyl/N-ethyl adjacent to an activating group) is 1. The molecular weight excluding hydrogens is 312 g/mol. The molecule has 4 nitrogen and oxygen atoms in total. The van der Waals surface area contributed by atoms with E-state index in [0.717, 1.165) is 16.8 Å². The van der Waals surface area contributed by atoms with Gasteiger partial charge in [0.15, 0.2) is 0 Å². The summed E-state index contributed by atoms with van der Waals surface area (Å²) < 4.78 is 0. The molecule has 1 aliphatic heterocycles. The van der Waals surface area contributed by atoms with Crippen molar-refractivity contribution in [2.24, 2.45) is 0 Å². The van der Waals surface area contributed by atoms with E-state index in [1.165, 1.54) is 0 Å². The minimum atomic E-state index is -0.682. The van der Waals surface area contributed by atoms with Gasteiger partial charge < -0.3 is 9.80 Å². The molecule has 1 atom stereocenters. The average molecular weight is 336 g/mol. The summed E-state index contributed by atoms with van der Waals surface area (Å²) in [5.74, 6) is 0.122. The third-order valence-corrected chi connectivity index (χ3v) is 5.11. The average Bonchev–Trinajstić information content (AvgIpc) is 2.83. The SMILES string of the molecule is CN(C)C(=O)CCC1(Cc2ccccc2)C(=O)N(C)c2ccccc21. The van der Waals surface area contributed by atoms with Gasteiger partial charge in [0.1, 0.15) is 0 Å². The predicted octanol–water partition coefficient (Wildman–Crippen LogP) is 3.01. The van der Waals surface area contributed by atoms with E-state index in [4.69, 9.17) is 0 Å². The maximum absolute atomic E-state index is 13.3. The zero-order valence-corrected chi connectivity index (χ0v) is 15.0. The van der Waals surface area contributed by atoms with E-state index < -0.39 is 5.41 Å². The van der Waals surface area contributed by atoms with Crippen molar-refractivity contribution in [3.05, 3.63) is 65.7 Å². The van der Waals surface area contributed by atoms with Crippen molar-refractivity contribution in [2.75, 3.05) is 26.0 Å². The van der Waals surface area contributed by atoms with Gasteiger partial charge >= 0.3 is 0 Å². The number of carbonyl (C=O) groups excluding carboxylic acids is 2. The second kappa shape index (κ2) is 6.71. The Morgan fingerprint density at radius 2 is 1.68 bits per heavy atom. The molecule has 2 aromatic carbocycles. The Morgan fingerprint density at radius 1 is 1.04 bits per heavy atom. The van der Waals surface area contributed by atoms with Crippen LogP contribution in [0.4, 0.5) is 5.69 Å². The number of nitrogens with zero attached hydrogens (tertiary/aromatic N) is 2. The molecule has 0 N–H and O–H groups in total. The lowest BCUT2D eigenvalue weighted by atomic mass is 9.73.